The number of para-hydroxylation sites is 1. The molecule has 142 valence electrons. The Bertz CT molecular complexity index is 1260. The van der Waals surface area contributed by atoms with E-state index in [1.807, 2.05) is 55.5 Å². The van der Waals surface area contributed by atoms with Crippen molar-refractivity contribution in [3.63, 3.8) is 0 Å². The van der Waals surface area contributed by atoms with Crippen molar-refractivity contribution in [2.24, 2.45) is 0 Å². The summed E-state index contributed by atoms with van der Waals surface area (Å²) in [6.07, 6.45) is 0.673. The molecule has 0 aliphatic carbocycles. The molecule has 0 amide bonds. The molecule has 0 bridgehead atoms. The zero-order valence-corrected chi connectivity index (χ0v) is 16.2. The highest BCUT2D eigenvalue weighted by molar-refractivity contribution is 6.12. The van der Waals surface area contributed by atoms with Crippen molar-refractivity contribution in [3.8, 4) is 22.9 Å². The minimum atomic E-state index is -0.191. The van der Waals surface area contributed by atoms with E-state index in [0.29, 0.717) is 34.6 Å². The molecule has 4 nitrogen and oxygen atoms in total. The Morgan fingerprint density at radius 1 is 1.03 bits per heavy atom. The number of nitrogens with zero attached hydrogens (tertiary/aromatic N) is 1. The molecule has 0 atom stereocenters. The van der Waals surface area contributed by atoms with E-state index in [4.69, 9.17) is 14.4 Å². The Balaban J connectivity index is 1.84. The third-order valence-corrected chi connectivity index (χ3v) is 5.03. The summed E-state index contributed by atoms with van der Waals surface area (Å²) in [6, 6.07) is 22.6. The van der Waals surface area contributed by atoms with Crippen LogP contribution in [0.5, 0.6) is 5.75 Å². The smallest absolute Gasteiger partial charge is 0.232 e. The molecule has 1 aromatic heterocycles. The summed E-state index contributed by atoms with van der Waals surface area (Å²) in [5, 5.41) is 10.1. The third kappa shape index (κ3) is 3.28. The van der Waals surface area contributed by atoms with E-state index in [1.165, 1.54) is 0 Å². The molecule has 3 aromatic carbocycles. The number of rotatable bonds is 5. The molecule has 0 aliphatic heterocycles. The molecule has 0 fully saturated rings. The summed E-state index contributed by atoms with van der Waals surface area (Å²) in [7, 11) is 1.55. The van der Waals surface area contributed by atoms with Gasteiger partial charge in [-0.25, -0.2) is 0 Å². The maximum absolute atomic E-state index is 13.2. The quantitative estimate of drug-likeness (QED) is 0.412. The van der Waals surface area contributed by atoms with Crippen LogP contribution in [-0.2, 0) is 6.42 Å². The molecular weight excluding hydrogens is 362 g/mol. The molecule has 4 aromatic rings. The first-order valence-electron chi connectivity index (χ1n) is 9.40. The second-order valence-electron chi connectivity index (χ2n) is 6.70. The van der Waals surface area contributed by atoms with Crippen molar-refractivity contribution in [3.05, 3.63) is 89.2 Å². The monoisotopic (exact) mass is 381 g/mol. The van der Waals surface area contributed by atoms with Crippen LogP contribution in [0.25, 0.3) is 22.1 Å². The lowest BCUT2D eigenvalue weighted by Gasteiger charge is -2.06. The molecule has 0 N–H and O–H groups in total. The van der Waals surface area contributed by atoms with Gasteiger partial charge in [0.05, 0.1) is 24.3 Å². The standard InChI is InChI=1S/C25H19NO3/c1-3-19-20-12-11-18(17-8-6-7-16(13-17)15-26)14-23(20)29-25(19)24(27)21-9-4-5-10-22(21)28-2/h4-14H,3H2,1-2H3. The van der Waals surface area contributed by atoms with E-state index in [0.717, 1.165) is 22.1 Å². The first-order valence-corrected chi connectivity index (χ1v) is 9.40. The predicted octanol–water partition coefficient (Wildman–Crippen LogP) is 5.77. The van der Waals surface area contributed by atoms with Gasteiger partial charge in [0.15, 0.2) is 5.76 Å². The predicted molar refractivity (Wildman–Crippen MR) is 112 cm³/mol. The molecule has 4 heteroatoms. The van der Waals surface area contributed by atoms with Crippen LogP contribution < -0.4 is 4.74 Å². The van der Waals surface area contributed by atoms with Crippen LogP contribution >= 0.6 is 0 Å². The third-order valence-electron chi connectivity index (χ3n) is 5.03. The Morgan fingerprint density at radius 2 is 1.83 bits per heavy atom. The lowest BCUT2D eigenvalue weighted by molar-refractivity contribution is 0.101. The van der Waals surface area contributed by atoms with Crippen LogP contribution in [0.4, 0.5) is 0 Å². The van der Waals surface area contributed by atoms with Crippen molar-refractivity contribution in [1.82, 2.24) is 0 Å². The van der Waals surface area contributed by atoms with E-state index in [1.54, 1.807) is 25.3 Å². The Hall–Kier alpha value is -3.84. The van der Waals surface area contributed by atoms with Crippen molar-refractivity contribution in [2.45, 2.75) is 13.3 Å². The van der Waals surface area contributed by atoms with E-state index >= 15 is 0 Å². The maximum atomic E-state index is 13.2. The largest absolute Gasteiger partial charge is 0.496 e. The zero-order chi connectivity index (χ0) is 20.4. The number of hydrogen-bond acceptors (Lipinski definition) is 4. The van der Waals surface area contributed by atoms with Crippen LogP contribution in [-0.4, -0.2) is 12.9 Å². The van der Waals surface area contributed by atoms with Gasteiger partial charge in [-0.05, 0) is 47.9 Å². The van der Waals surface area contributed by atoms with Crippen molar-refractivity contribution in [1.29, 1.82) is 5.26 Å². The van der Waals surface area contributed by atoms with Crippen molar-refractivity contribution >= 4 is 16.8 Å². The Kier molecular flexibility index (Phi) is 4.88. The summed E-state index contributed by atoms with van der Waals surface area (Å²) in [6.45, 7) is 2.01. The van der Waals surface area contributed by atoms with Gasteiger partial charge in [0, 0.05) is 10.9 Å². The summed E-state index contributed by atoms with van der Waals surface area (Å²) >= 11 is 0. The molecule has 0 unspecified atom stereocenters. The van der Waals surface area contributed by atoms with Crippen LogP contribution in [0, 0.1) is 11.3 Å². The van der Waals surface area contributed by atoms with Crippen LogP contribution in [0.15, 0.2) is 71.1 Å². The lowest BCUT2D eigenvalue weighted by Crippen LogP contribution is -2.05. The van der Waals surface area contributed by atoms with Crippen LogP contribution in [0.2, 0.25) is 0 Å². The SMILES string of the molecule is CCc1c(C(=O)c2ccccc2OC)oc2cc(-c3cccc(C#N)c3)ccc12. The van der Waals surface area contributed by atoms with Gasteiger partial charge in [-0.3, -0.25) is 4.79 Å². The Morgan fingerprint density at radius 3 is 2.59 bits per heavy atom. The highest BCUT2D eigenvalue weighted by Gasteiger charge is 2.23. The van der Waals surface area contributed by atoms with E-state index in [-0.39, 0.29) is 5.78 Å². The van der Waals surface area contributed by atoms with Crippen LogP contribution in [0.1, 0.15) is 34.2 Å². The first kappa shape index (κ1) is 18.5. The number of carbonyl (C=O) groups is 1. The summed E-state index contributed by atoms with van der Waals surface area (Å²) < 4.78 is 11.4. The second-order valence-corrected chi connectivity index (χ2v) is 6.70. The molecule has 4 rings (SSSR count). The van der Waals surface area contributed by atoms with E-state index in [2.05, 4.69) is 6.07 Å². The zero-order valence-electron chi connectivity index (χ0n) is 16.2. The van der Waals surface area contributed by atoms with Gasteiger partial charge in [-0.15, -0.1) is 0 Å². The van der Waals surface area contributed by atoms with Gasteiger partial charge in [0.1, 0.15) is 11.3 Å². The van der Waals surface area contributed by atoms with Crippen molar-refractivity contribution in [2.75, 3.05) is 7.11 Å². The number of benzene rings is 3. The molecule has 1 heterocycles. The number of methoxy groups -OCH3 is 1. The van der Waals surface area contributed by atoms with Gasteiger partial charge in [0.2, 0.25) is 5.78 Å². The minimum Gasteiger partial charge on any atom is -0.496 e. The molecule has 0 saturated carbocycles. The second kappa shape index (κ2) is 7.65. The van der Waals surface area contributed by atoms with E-state index < -0.39 is 0 Å². The fourth-order valence-electron chi connectivity index (χ4n) is 3.59. The number of ketones is 1. The number of aryl methyl sites for hydroxylation is 1. The first-order chi connectivity index (χ1) is 14.2. The lowest BCUT2D eigenvalue weighted by atomic mass is 9.99. The van der Waals surface area contributed by atoms with Gasteiger partial charge in [0.25, 0.3) is 0 Å². The van der Waals surface area contributed by atoms with Gasteiger partial charge in [-0.2, -0.15) is 5.26 Å². The number of hydrogen-bond donors (Lipinski definition) is 0. The fraction of sp³-hybridized carbons (Fsp3) is 0.120. The highest BCUT2D eigenvalue weighted by Crippen LogP contribution is 2.33. The normalized spacial score (nSPS) is 10.7. The molecule has 0 radical (unpaired) electrons. The summed E-state index contributed by atoms with van der Waals surface area (Å²) in [4.78, 5) is 13.2. The maximum Gasteiger partial charge on any atom is 0.232 e. The molecule has 29 heavy (non-hydrogen) atoms. The molecule has 0 spiro atoms. The molecule has 0 aliphatic rings. The minimum absolute atomic E-state index is 0.191. The fourth-order valence-corrected chi connectivity index (χ4v) is 3.59. The molecular formula is C25H19NO3. The Labute approximate surface area is 169 Å². The number of nitriles is 1. The highest BCUT2D eigenvalue weighted by atomic mass is 16.5. The van der Waals surface area contributed by atoms with Gasteiger partial charge in [-0.1, -0.05) is 43.3 Å². The number of furan rings is 1. The topological polar surface area (TPSA) is 63.2 Å². The number of carbonyl (C=O) groups excluding carboxylic acids is 1. The number of ether oxygens (including phenoxy) is 1. The number of fused-ring (bicyclic) bond motifs is 1. The molecule has 0 saturated heterocycles. The van der Waals surface area contributed by atoms with Crippen LogP contribution in [0.3, 0.4) is 0 Å². The summed E-state index contributed by atoms with van der Waals surface area (Å²) in [5.41, 5.74) is 4.47. The van der Waals surface area contributed by atoms with Gasteiger partial charge >= 0.3 is 0 Å². The van der Waals surface area contributed by atoms with Crippen molar-refractivity contribution < 1.29 is 13.9 Å². The average Bonchev–Trinajstić information content (AvgIpc) is 3.16. The van der Waals surface area contributed by atoms with Gasteiger partial charge < -0.3 is 9.15 Å². The summed E-state index contributed by atoms with van der Waals surface area (Å²) in [5.74, 6) is 0.674. The van der Waals surface area contributed by atoms with E-state index in [9.17, 15) is 4.79 Å². The average molecular weight is 381 g/mol.